The Morgan fingerprint density at radius 2 is 1.90 bits per heavy atom. The van der Waals surface area contributed by atoms with Gasteiger partial charge in [0, 0.05) is 19.7 Å². The molecule has 0 saturated carbocycles. The van der Waals surface area contributed by atoms with Crippen molar-refractivity contribution >= 4 is 22.8 Å². The summed E-state index contributed by atoms with van der Waals surface area (Å²) in [5, 5.41) is 2.94. The monoisotopic (exact) mass is 414 g/mol. The second kappa shape index (κ2) is 10.1. The number of carbonyl (C=O) groups is 2. The van der Waals surface area contributed by atoms with E-state index in [1.807, 2.05) is 33.7 Å². The summed E-state index contributed by atoms with van der Waals surface area (Å²) in [5.74, 6) is 1.45. The van der Waals surface area contributed by atoms with Crippen molar-refractivity contribution in [3.63, 3.8) is 0 Å². The highest BCUT2D eigenvalue weighted by Gasteiger charge is 2.24. The fourth-order valence-electron chi connectivity index (χ4n) is 3.90. The molecule has 2 aromatic rings. The Labute approximate surface area is 178 Å². The summed E-state index contributed by atoms with van der Waals surface area (Å²) in [5.41, 5.74) is 1.73. The minimum absolute atomic E-state index is 0.0762. The molecule has 1 aromatic carbocycles. The van der Waals surface area contributed by atoms with Crippen LogP contribution in [0.5, 0.6) is 0 Å². The lowest BCUT2D eigenvalue weighted by atomic mass is 10.1. The normalized spacial score (nSPS) is 16.5. The number of benzene rings is 1. The van der Waals surface area contributed by atoms with Crippen LogP contribution in [0.1, 0.15) is 46.4 Å². The van der Waals surface area contributed by atoms with Crippen molar-refractivity contribution in [2.24, 2.45) is 11.8 Å². The van der Waals surface area contributed by atoms with Gasteiger partial charge in [-0.2, -0.15) is 0 Å². The van der Waals surface area contributed by atoms with E-state index < -0.39 is 0 Å². The van der Waals surface area contributed by atoms with Crippen LogP contribution in [0.15, 0.2) is 24.3 Å². The first-order valence-electron chi connectivity index (χ1n) is 11.0. The first kappa shape index (κ1) is 22.3. The number of nitrogens with one attached hydrogen (secondary N) is 1. The molecule has 1 fully saturated rings. The van der Waals surface area contributed by atoms with Crippen molar-refractivity contribution < 1.29 is 14.3 Å². The second-order valence-corrected chi connectivity index (χ2v) is 8.91. The number of amides is 2. The van der Waals surface area contributed by atoms with Crippen LogP contribution in [0.4, 0.5) is 0 Å². The Morgan fingerprint density at radius 3 is 2.53 bits per heavy atom. The van der Waals surface area contributed by atoms with E-state index in [9.17, 15) is 9.59 Å². The molecule has 1 N–H and O–H groups in total. The van der Waals surface area contributed by atoms with Crippen molar-refractivity contribution in [3.8, 4) is 0 Å². The Kier molecular flexibility index (Phi) is 7.48. The maximum absolute atomic E-state index is 13.2. The fourth-order valence-corrected chi connectivity index (χ4v) is 3.90. The predicted molar refractivity (Wildman–Crippen MR) is 117 cm³/mol. The van der Waals surface area contributed by atoms with Crippen LogP contribution in [0.3, 0.4) is 0 Å². The zero-order valence-electron chi connectivity index (χ0n) is 18.6. The van der Waals surface area contributed by atoms with Gasteiger partial charge >= 0.3 is 0 Å². The molecule has 1 aliphatic rings. The summed E-state index contributed by atoms with van der Waals surface area (Å²) in [6.45, 7) is 11.1. The quantitative estimate of drug-likeness (QED) is 0.684. The molecular formula is C23H34N4O3. The average Bonchev–Trinajstić information content (AvgIpc) is 3.33. The number of hydrogen-bond donors (Lipinski definition) is 1. The molecule has 1 unspecified atom stereocenters. The largest absolute Gasteiger partial charge is 0.368 e. The number of imidazole rings is 1. The number of carbonyl (C=O) groups excluding carboxylic acids is 2. The molecular weight excluding hydrogens is 380 g/mol. The molecule has 2 heterocycles. The molecule has 0 aliphatic carbocycles. The summed E-state index contributed by atoms with van der Waals surface area (Å²) < 4.78 is 7.39. The summed E-state index contributed by atoms with van der Waals surface area (Å²) >= 11 is 0. The molecule has 1 aromatic heterocycles. The lowest BCUT2D eigenvalue weighted by Gasteiger charge is -2.27. The minimum atomic E-state index is -0.378. The van der Waals surface area contributed by atoms with Gasteiger partial charge in [-0.25, -0.2) is 4.98 Å². The molecule has 1 saturated heterocycles. The van der Waals surface area contributed by atoms with E-state index in [1.54, 1.807) is 0 Å². The van der Waals surface area contributed by atoms with Crippen LogP contribution in [-0.2, 0) is 27.4 Å². The van der Waals surface area contributed by atoms with Gasteiger partial charge in [0.25, 0.3) is 0 Å². The highest BCUT2D eigenvalue weighted by molar-refractivity contribution is 5.82. The molecule has 7 nitrogen and oxygen atoms in total. The van der Waals surface area contributed by atoms with Crippen LogP contribution >= 0.6 is 0 Å². The number of nitrogens with zero attached hydrogens (tertiary/aromatic N) is 3. The zero-order valence-corrected chi connectivity index (χ0v) is 18.6. The van der Waals surface area contributed by atoms with Gasteiger partial charge in [0.2, 0.25) is 11.8 Å². The van der Waals surface area contributed by atoms with Crippen molar-refractivity contribution in [2.75, 3.05) is 19.7 Å². The maximum Gasteiger partial charge on any atom is 0.249 e. The van der Waals surface area contributed by atoms with E-state index in [2.05, 4.69) is 38.0 Å². The average molecular weight is 415 g/mol. The van der Waals surface area contributed by atoms with Gasteiger partial charge in [-0.15, -0.1) is 0 Å². The van der Waals surface area contributed by atoms with E-state index in [1.165, 1.54) is 0 Å². The fraction of sp³-hybridized carbons (Fsp3) is 0.609. The summed E-state index contributed by atoms with van der Waals surface area (Å²) in [4.78, 5) is 32.2. The summed E-state index contributed by atoms with van der Waals surface area (Å²) in [6, 6.07) is 7.78. The Bertz CT molecular complexity index is 858. The number of rotatable bonds is 9. The topological polar surface area (TPSA) is 76.5 Å². The highest BCUT2D eigenvalue weighted by Crippen LogP contribution is 2.18. The Morgan fingerprint density at radius 1 is 1.20 bits per heavy atom. The van der Waals surface area contributed by atoms with E-state index >= 15 is 0 Å². The molecule has 1 atom stereocenters. The number of ether oxygens (including phenoxy) is 1. The molecule has 2 amide bonds. The third kappa shape index (κ3) is 5.59. The van der Waals surface area contributed by atoms with Gasteiger partial charge in [0.15, 0.2) is 0 Å². The molecule has 0 bridgehead atoms. The Balaban J connectivity index is 1.79. The van der Waals surface area contributed by atoms with Crippen molar-refractivity contribution in [2.45, 2.75) is 59.7 Å². The lowest BCUT2D eigenvalue weighted by molar-refractivity contribution is -0.132. The first-order valence-corrected chi connectivity index (χ1v) is 11.0. The molecule has 3 rings (SSSR count). The van der Waals surface area contributed by atoms with E-state index in [0.29, 0.717) is 24.3 Å². The summed E-state index contributed by atoms with van der Waals surface area (Å²) in [6.07, 6.45) is 1.28. The number of hydrogen-bond acceptors (Lipinski definition) is 4. The van der Waals surface area contributed by atoms with Crippen LogP contribution < -0.4 is 5.32 Å². The van der Waals surface area contributed by atoms with Crippen LogP contribution in [0.25, 0.3) is 11.0 Å². The molecule has 0 radical (unpaired) electrons. The molecule has 30 heavy (non-hydrogen) atoms. The lowest BCUT2D eigenvalue weighted by Crippen LogP contribution is -2.39. The number of fused-ring (bicyclic) bond motifs is 1. The SMILES string of the molecule is CC(C)CN(CC(C)C)C(=O)Cn1c(CNC(=O)C2CCCO2)nc2ccccc21. The van der Waals surface area contributed by atoms with Crippen molar-refractivity contribution in [1.29, 1.82) is 0 Å². The van der Waals surface area contributed by atoms with E-state index in [-0.39, 0.29) is 31.0 Å². The van der Waals surface area contributed by atoms with Crippen molar-refractivity contribution in [1.82, 2.24) is 19.8 Å². The summed E-state index contributed by atoms with van der Waals surface area (Å²) in [7, 11) is 0. The number of para-hydroxylation sites is 2. The van der Waals surface area contributed by atoms with Gasteiger partial charge in [0.05, 0.1) is 17.6 Å². The third-order valence-electron chi connectivity index (χ3n) is 5.19. The zero-order chi connectivity index (χ0) is 21.7. The Hall–Kier alpha value is -2.41. The standard InChI is InChI=1S/C23H34N4O3/c1-16(2)13-26(14-17(3)4)22(28)15-27-19-9-6-5-8-18(19)25-21(27)12-24-23(29)20-10-7-11-30-20/h5-6,8-9,16-17,20H,7,10-15H2,1-4H3,(H,24,29). The van der Waals surface area contributed by atoms with E-state index in [0.717, 1.165) is 37.0 Å². The molecule has 1 aliphatic heterocycles. The third-order valence-corrected chi connectivity index (χ3v) is 5.19. The van der Waals surface area contributed by atoms with Gasteiger partial charge in [-0.3, -0.25) is 9.59 Å². The van der Waals surface area contributed by atoms with Crippen molar-refractivity contribution in [3.05, 3.63) is 30.1 Å². The molecule has 7 heteroatoms. The number of aromatic nitrogens is 2. The predicted octanol–water partition coefficient (Wildman–Crippen LogP) is 2.97. The maximum atomic E-state index is 13.2. The molecule has 0 spiro atoms. The highest BCUT2D eigenvalue weighted by atomic mass is 16.5. The van der Waals surface area contributed by atoms with Gasteiger partial charge in [-0.05, 0) is 36.8 Å². The molecule has 164 valence electrons. The second-order valence-electron chi connectivity index (χ2n) is 8.91. The van der Waals surface area contributed by atoms with E-state index in [4.69, 9.17) is 4.74 Å². The first-order chi connectivity index (χ1) is 14.3. The smallest absolute Gasteiger partial charge is 0.249 e. The van der Waals surface area contributed by atoms with Gasteiger partial charge in [0.1, 0.15) is 18.5 Å². The van der Waals surface area contributed by atoms with Gasteiger partial charge in [-0.1, -0.05) is 39.8 Å². The van der Waals surface area contributed by atoms with Crippen LogP contribution in [0, 0.1) is 11.8 Å². The van der Waals surface area contributed by atoms with Crippen LogP contribution in [-0.4, -0.2) is 52.1 Å². The van der Waals surface area contributed by atoms with Gasteiger partial charge < -0.3 is 19.5 Å². The van der Waals surface area contributed by atoms with Crippen LogP contribution in [0.2, 0.25) is 0 Å². The minimum Gasteiger partial charge on any atom is -0.368 e.